The van der Waals surface area contributed by atoms with Gasteiger partial charge in [-0.15, -0.1) is 0 Å². The van der Waals surface area contributed by atoms with Gasteiger partial charge in [-0.1, -0.05) is 12.1 Å². The molecule has 2 rings (SSSR count). The van der Waals surface area contributed by atoms with Gasteiger partial charge in [-0.3, -0.25) is 0 Å². The highest BCUT2D eigenvalue weighted by Gasteiger charge is 2.12. The molecule has 3 heteroatoms. The standard InChI is InChI=1S/C17H19F2N/c1-10-7-12(3)15(8-11(10)2)13(4)20-17-9-14(18)5-6-16(17)19/h5-9,13,20H,1-4H3. The van der Waals surface area contributed by atoms with E-state index in [2.05, 4.69) is 24.4 Å². The Labute approximate surface area is 118 Å². The zero-order chi connectivity index (χ0) is 14.9. The molecule has 1 atom stereocenters. The Morgan fingerprint density at radius 3 is 2.25 bits per heavy atom. The SMILES string of the molecule is Cc1cc(C)c(C(C)Nc2cc(F)ccc2F)cc1C. The van der Waals surface area contributed by atoms with Gasteiger partial charge in [0.15, 0.2) is 0 Å². The fraction of sp³-hybridized carbons (Fsp3) is 0.294. The van der Waals surface area contributed by atoms with Crippen LogP contribution in [0.1, 0.15) is 35.2 Å². The van der Waals surface area contributed by atoms with E-state index in [0.29, 0.717) is 0 Å². The number of anilines is 1. The van der Waals surface area contributed by atoms with Crippen LogP contribution in [0.2, 0.25) is 0 Å². The molecule has 0 heterocycles. The summed E-state index contributed by atoms with van der Waals surface area (Å²) in [7, 11) is 0. The normalized spacial score (nSPS) is 12.3. The van der Waals surface area contributed by atoms with Crippen molar-refractivity contribution < 1.29 is 8.78 Å². The van der Waals surface area contributed by atoms with Crippen LogP contribution in [0.4, 0.5) is 14.5 Å². The summed E-state index contributed by atoms with van der Waals surface area (Å²) in [5.74, 6) is -0.891. The summed E-state index contributed by atoms with van der Waals surface area (Å²) in [4.78, 5) is 0. The van der Waals surface area contributed by atoms with Gasteiger partial charge < -0.3 is 5.32 Å². The van der Waals surface area contributed by atoms with Crippen LogP contribution in [0.3, 0.4) is 0 Å². The van der Waals surface area contributed by atoms with Crippen LogP contribution in [0.5, 0.6) is 0 Å². The minimum atomic E-state index is -0.446. The molecule has 0 radical (unpaired) electrons. The minimum absolute atomic E-state index is 0.0920. The lowest BCUT2D eigenvalue weighted by molar-refractivity contribution is 0.600. The maximum atomic E-state index is 13.7. The summed E-state index contributed by atoms with van der Waals surface area (Å²) in [5.41, 5.74) is 4.85. The quantitative estimate of drug-likeness (QED) is 0.825. The monoisotopic (exact) mass is 275 g/mol. The first-order chi connectivity index (χ1) is 9.38. The fourth-order valence-corrected chi connectivity index (χ4v) is 2.37. The summed E-state index contributed by atoms with van der Waals surface area (Å²) >= 11 is 0. The molecule has 0 bridgehead atoms. The van der Waals surface area contributed by atoms with E-state index in [-0.39, 0.29) is 11.7 Å². The highest BCUT2D eigenvalue weighted by Crippen LogP contribution is 2.26. The molecule has 0 fully saturated rings. The second kappa shape index (κ2) is 5.61. The second-order valence-corrected chi connectivity index (χ2v) is 5.28. The third-order valence-corrected chi connectivity index (χ3v) is 3.65. The molecule has 0 aromatic heterocycles. The molecule has 2 aromatic carbocycles. The second-order valence-electron chi connectivity index (χ2n) is 5.28. The van der Waals surface area contributed by atoms with E-state index in [4.69, 9.17) is 0 Å². The topological polar surface area (TPSA) is 12.0 Å². The minimum Gasteiger partial charge on any atom is -0.376 e. The fourth-order valence-electron chi connectivity index (χ4n) is 2.37. The van der Waals surface area contributed by atoms with E-state index >= 15 is 0 Å². The Bertz CT molecular complexity index is 635. The van der Waals surface area contributed by atoms with Crippen molar-refractivity contribution >= 4 is 5.69 Å². The van der Waals surface area contributed by atoms with Crippen molar-refractivity contribution in [1.29, 1.82) is 0 Å². The molecule has 0 aliphatic heterocycles. The van der Waals surface area contributed by atoms with E-state index in [1.54, 1.807) is 0 Å². The molecule has 2 aromatic rings. The maximum Gasteiger partial charge on any atom is 0.146 e. The van der Waals surface area contributed by atoms with E-state index < -0.39 is 11.6 Å². The number of aryl methyl sites for hydroxylation is 3. The molecule has 0 amide bonds. The number of hydrogen-bond donors (Lipinski definition) is 1. The zero-order valence-corrected chi connectivity index (χ0v) is 12.2. The zero-order valence-electron chi connectivity index (χ0n) is 12.2. The Hall–Kier alpha value is -1.90. The predicted octanol–water partition coefficient (Wildman–Crippen LogP) is 5.06. The van der Waals surface area contributed by atoms with Crippen molar-refractivity contribution in [1.82, 2.24) is 0 Å². The van der Waals surface area contributed by atoms with Crippen LogP contribution < -0.4 is 5.32 Å². The van der Waals surface area contributed by atoms with Crippen molar-refractivity contribution in [3.8, 4) is 0 Å². The summed E-state index contributed by atoms with van der Waals surface area (Å²) in [6.45, 7) is 8.09. The average molecular weight is 275 g/mol. The number of hydrogen-bond acceptors (Lipinski definition) is 1. The van der Waals surface area contributed by atoms with Crippen molar-refractivity contribution in [2.24, 2.45) is 0 Å². The van der Waals surface area contributed by atoms with E-state index in [1.165, 1.54) is 17.2 Å². The third-order valence-electron chi connectivity index (χ3n) is 3.65. The molecule has 20 heavy (non-hydrogen) atoms. The lowest BCUT2D eigenvalue weighted by atomic mass is 9.96. The molecule has 106 valence electrons. The Morgan fingerprint density at radius 2 is 1.55 bits per heavy atom. The smallest absolute Gasteiger partial charge is 0.146 e. The van der Waals surface area contributed by atoms with E-state index in [1.807, 2.05) is 20.8 Å². The molecule has 0 saturated carbocycles. The van der Waals surface area contributed by atoms with Gasteiger partial charge in [-0.25, -0.2) is 8.78 Å². The maximum absolute atomic E-state index is 13.7. The summed E-state index contributed by atoms with van der Waals surface area (Å²) in [6.07, 6.45) is 0. The van der Waals surface area contributed by atoms with Crippen LogP contribution in [0.15, 0.2) is 30.3 Å². The summed E-state index contributed by atoms with van der Waals surface area (Å²) in [6, 6.07) is 7.56. The molecular weight excluding hydrogens is 256 g/mol. The predicted molar refractivity (Wildman–Crippen MR) is 79.0 cm³/mol. The lowest BCUT2D eigenvalue weighted by Crippen LogP contribution is -2.10. The Kier molecular flexibility index (Phi) is 4.07. The van der Waals surface area contributed by atoms with Gasteiger partial charge in [0.05, 0.1) is 5.69 Å². The highest BCUT2D eigenvalue weighted by molar-refractivity contribution is 5.48. The molecule has 0 aliphatic carbocycles. The number of rotatable bonds is 3. The molecule has 1 unspecified atom stereocenters. The average Bonchev–Trinajstić information content (AvgIpc) is 2.38. The first kappa shape index (κ1) is 14.5. The van der Waals surface area contributed by atoms with Crippen LogP contribution in [-0.4, -0.2) is 0 Å². The van der Waals surface area contributed by atoms with E-state index in [0.717, 1.165) is 23.3 Å². The van der Waals surface area contributed by atoms with Gasteiger partial charge in [0.25, 0.3) is 0 Å². The molecule has 0 spiro atoms. The molecule has 0 saturated heterocycles. The van der Waals surface area contributed by atoms with Crippen molar-refractivity contribution in [2.75, 3.05) is 5.32 Å². The lowest BCUT2D eigenvalue weighted by Gasteiger charge is -2.20. The van der Waals surface area contributed by atoms with Crippen LogP contribution in [-0.2, 0) is 0 Å². The van der Waals surface area contributed by atoms with Crippen molar-refractivity contribution in [2.45, 2.75) is 33.7 Å². The van der Waals surface area contributed by atoms with Gasteiger partial charge in [0.2, 0.25) is 0 Å². The van der Waals surface area contributed by atoms with Crippen molar-refractivity contribution in [3.05, 3.63) is 64.2 Å². The number of halogens is 2. The Balaban J connectivity index is 2.30. The van der Waals surface area contributed by atoms with Crippen molar-refractivity contribution in [3.63, 3.8) is 0 Å². The van der Waals surface area contributed by atoms with Crippen LogP contribution in [0.25, 0.3) is 0 Å². The van der Waals surface area contributed by atoms with Gasteiger partial charge in [0, 0.05) is 6.04 Å². The van der Waals surface area contributed by atoms with Gasteiger partial charge in [-0.2, -0.15) is 0 Å². The molecule has 1 N–H and O–H groups in total. The summed E-state index contributed by atoms with van der Waals surface area (Å²) in [5, 5.41) is 3.04. The summed E-state index contributed by atoms with van der Waals surface area (Å²) < 4.78 is 26.9. The van der Waals surface area contributed by atoms with Crippen LogP contribution >= 0.6 is 0 Å². The van der Waals surface area contributed by atoms with E-state index in [9.17, 15) is 8.78 Å². The largest absolute Gasteiger partial charge is 0.376 e. The first-order valence-corrected chi connectivity index (χ1v) is 6.68. The van der Waals surface area contributed by atoms with Gasteiger partial charge >= 0.3 is 0 Å². The number of benzene rings is 2. The number of nitrogens with one attached hydrogen (secondary N) is 1. The Morgan fingerprint density at radius 1 is 0.900 bits per heavy atom. The third kappa shape index (κ3) is 2.98. The van der Waals surface area contributed by atoms with Gasteiger partial charge in [-0.05, 0) is 68.1 Å². The highest BCUT2D eigenvalue weighted by atomic mass is 19.1. The van der Waals surface area contributed by atoms with Crippen LogP contribution in [0, 0.1) is 32.4 Å². The van der Waals surface area contributed by atoms with Gasteiger partial charge in [0.1, 0.15) is 11.6 Å². The first-order valence-electron chi connectivity index (χ1n) is 6.68. The molecule has 1 nitrogen and oxygen atoms in total. The molecule has 0 aliphatic rings. The molecular formula is C17H19F2N.